The van der Waals surface area contributed by atoms with Gasteiger partial charge in [0.2, 0.25) is 0 Å². The highest BCUT2D eigenvalue weighted by Gasteiger charge is 2.39. The van der Waals surface area contributed by atoms with E-state index >= 15 is 0 Å². The summed E-state index contributed by atoms with van der Waals surface area (Å²) >= 11 is 0. The lowest BCUT2D eigenvalue weighted by atomic mass is 9.94. The quantitative estimate of drug-likeness (QED) is 0.720. The van der Waals surface area contributed by atoms with Gasteiger partial charge < -0.3 is 4.90 Å². The third-order valence-electron chi connectivity index (χ3n) is 5.66. The fourth-order valence-electron chi connectivity index (χ4n) is 4.35. The van der Waals surface area contributed by atoms with E-state index < -0.39 is 0 Å². The number of anilines is 1. The highest BCUT2D eigenvalue weighted by molar-refractivity contribution is 5.71. The van der Waals surface area contributed by atoms with E-state index in [1.54, 1.807) is 6.33 Å². The number of aryl methyl sites for hydroxylation is 1. The second kappa shape index (κ2) is 5.41. The summed E-state index contributed by atoms with van der Waals surface area (Å²) in [6.07, 6.45) is 7.54. The van der Waals surface area contributed by atoms with Crippen molar-refractivity contribution in [3.05, 3.63) is 59.6 Å². The molecule has 0 saturated carbocycles. The molecule has 25 heavy (non-hydrogen) atoms. The molecule has 126 valence electrons. The second-order valence-electron chi connectivity index (χ2n) is 7.09. The molecule has 0 radical (unpaired) electrons. The lowest BCUT2D eigenvalue weighted by Crippen LogP contribution is -2.40. The molecule has 3 aromatic rings. The maximum Gasteiger partial charge on any atom is 0.254 e. The SMILES string of the molecule is Cc1nc2ncnn2c(N2C3C=C(c4ccccc4)CC2CC3)c1C. The van der Waals surface area contributed by atoms with Crippen molar-refractivity contribution in [1.82, 2.24) is 19.6 Å². The number of nitrogens with zero attached hydrogens (tertiary/aromatic N) is 5. The van der Waals surface area contributed by atoms with Gasteiger partial charge in [-0.05, 0) is 44.2 Å². The Morgan fingerprint density at radius 1 is 1.08 bits per heavy atom. The van der Waals surface area contributed by atoms with Gasteiger partial charge in [0.15, 0.2) is 0 Å². The van der Waals surface area contributed by atoms with E-state index in [1.807, 2.05) is 4.52 Å². The fraction of sp³-hybridized carbons (Fsp3) is 0.350. The van der Waals surface area contributed by atoms with Crippen molar-refractivity contribution >= 4 is 17.2 Å². The first-order valence-corrected chi connectivity index (χ1v) is 8.94. The Hall–Kier alpha value is -2.69. The Morgan fingerprint density at radius 2 is 1.92 bits per heavy atom. The zero-order valence-electron chi connectivity index (χ0n) is 14.6. The summed E-state index contributed by atoms with van der Waals surface area (Å²) < 4.78 is 1.91. The van der Waals surface area contributed by atoms with Crippen LogP contribution in [0.3, 0.4) is 0 Å². The smallest absolute Gasteiger partial charge is 0.254 e. The van der Waals surface area contributed by atoms with Gasteiger partial charge in [-0.2, -0.15) is 14.6 Å². The van der Waals surface area contributed by atoms with E-state index in [-0.39, 0.29) is 0 Å². The lowest BCUT2D eigenvalue weighted by Gasteiger charge is -2.37. The Bertz CT molecular complexity index is 972. The zero-order valence-corrected chi connectivity index (χ0v) is 14.6. The van der Waals surface area contributed by atoms with Gasteiger partial charge >= 0.3 is 0 Å². The summed E-state index contributed by atoms with van der Waals surface area (Å²) in [6, 6.07) is 11.7. The molecule has 5 heteroatoms. The average molecular weight is 331 g/mol. The molecule has 0 spiro atoms. The molecule has 4 heterocycles. The van der Waals surface area contributed by atoms with E-state index in [1.165, 1.54) is 29.5 Å². The molecule has 1 fully saturated rings. The molecule has 2 bridgehead atoms. The Labute approximate surface area is 147 Å². The van der Waals surface area contributed by atoms with Crippen LogP contribution in [0.4, 0.5) is 5.82 Å². The highest BCUT2D eigenvalue weighted by atomic mass is 15.4. The second-order valence-corrected chi connectivity index (χ2v) is 7.09. The molecular formula is C20H21N5. The average Bonchev–Trinajstić information content (AvgIpc) is 3.18. The number of hydrogen-bond donors (Lipinski definition) is 0. The molecule has 2 unspecified atom stereocenters. The summed E-state index contributed by atoms with van der Waals surface area (Å²) in [4.78, 5) is 11.4. The van der Waals surface area contributed by atoms with E-state index in [9.17, 15) is 0 Å². The van der Waals surface area contributed by atoms with Gasteiger partial charge in [0.25, 0.3) is 5.78 Å². The molecule has 2 aliphatic heterocycles. The molecule has 0 aliphatic carbocycles. The maximum atomic E-state index is 4.57. The van der Waals surface area contributed by atoms with E-state index in [0.717, 1.165) is 17.9 Å². The van der Waals surface area contributed by atoms with Crippen LogP contribution >= 0.6 is 0 Å². The summed E-state index contributed by atoms with van der Waals surface area (Å²) in [6.45, 7) is 4.21. The van der Waals surface area contributed by atoms with Crippen LogP contribution in [0.1, 0.15) is 36.1 Å². The van der Waals surface area contributed by atoms with Gasteiger partial charge in [-0.3, -0.25) is 0 Å². The first-order chi connectivity index (χ1) is 12.2. The van der Waals surface area contributed by atoms with Crippen molar-refractivity contribution in [3.8, 4) is 0 Å². The van der Waals surface area contributed by atoms with E-state index in [4.69, 9.17) is 0 Å². The normalized spacial score (nSPS) is 22.5. The molecule has 1 aromatic carbocycles. The summed E-state index contributed by atoms with van der Waals surface area (Å²) in [5.41, 5.74) is 5.06. The Balaban J connectivity index is 1.63. The van der Waals surface area contributed by atoms with Gasteiger partial charge in [-0.1, -0.05) is 36.4 Å². The fourth-order valence-corrected chi connectivity index (χ4v) is 4.35. The molecule has 2 atom stereocenters. The van der Waals surface area contributed by atoms with Gasteiger partial charge in [-0.25, -0.2) is 4.98 Å². The van der Waals surface area contributed by atoms with Crippen LogP contribution in [0.25, 0.3) is 11.4 Å². The van der Waals surface area contributed by atoms with Crippen LogP contribution in [-0.4, -0.2) is 31.7 Å². The van der Waals surface area contributed by atoms with Crippen LogP contribution in [0, 0.1) is 13.8 Å². The minimum Gasteiger partial charge on any atom is -0.346 e. The Kier molecular flexibility index (Phi) is 3.17. The van der Waals surface area contributed by atoms with Crippen LogP contribution in [-0.2, 0) is 0 Å². The Morgan fingerprint density at radius 3 is 2.72 bits per heavy atom. The zero-order chi connectivity index (χ0) is 17.0. The van der Waals surface area contributed by atoms with Crippen LogP contribution in [0.5, 0.6) is 0 Å². The van der Waals surface area contributed by atoms with Gasteiger partial charge in [0.1, 0.15) is 12.1 Å². The molecular weight excluding hydrogens is 310 g/mol. The molecule has 5 rings (SSSR count). The molecule has 2 aliphatic rings. The first-order valence-electron chi connectivity index (χ1n) is 8.94. The third kappa shape index (κ3) is 2.18. The lowest BCUT2D eigenvalue weighted by molar-refractivity contribution is 0.636. The number of fused-ring (bicyclic) bond motifs is 3. The standard InChI is InChI=1S/C20H21N5/c1-13-14(2)23-20-21-12-22-25(20)19(13)24-17-8-9-18(24)11-16(10-17)15-6-4-3-5-7-15/h3-7,10,12,17-18H,8-9,11H2,1-2H3. The van der Waals surface area contributed by atoms with Gasteiger partial charge in [0.05, 0.1) is 0 Å². The largest absolute Gasteiger partial charge is 0.346 e. The number of benzene rings is 1. The summed E-state index contributed by atoms with van der Waals surface area (Å²) in [7, 11) is 0. The van der Waals surface area contributed by atoms with Gasteiger partial charge in [0, 0.05) is 23.3 Å². The first kappa shape index (κ1) is 14.6. The van der Waals surface area contributed by atoms with Crippen molar-refractivity contribution in [2.45, 2.75) is 45.2 Å². The topological polar surface area (TPSA) is 46.3 Å². The predicted octanol–water partition coefficient (Wildman–Crippen LogP) is 3.57. The van der Waals surface area contributed by atoms with Crippen LogP contribution in [0.2, 0.25) is 0 Å². The van der Waals surface area contributed by atoms with E-state index in [2.05, 4.69) is 70.2 Å². The minimum absolute atomic E-state index is 0.418. The van der Waals surface area contributed by atoms with Crippen molar-refractivity contribution in [3.63, 3.8) is 0 Å². The monoisotopic (exact) mass is 331 g/mol. The molecule has 5 nitrogen and oxygen atoms in total. The third-order valence-corrected chi connectivity index (χ3v) is 5.66. The van der Waals surface area contributed by atoms with Crippen LogP contribution in [0.15, 0.2) is 42.7 Å². The molecule has 2 aromatic heterocycles. The summed E-state index contributed by atoms with van der Waals surface area (Å²) in [5.74, 6) is 1.85. The maximum absolute atomic E-state index is 4.57. The minimum atomic E-state index is 0.418. The van der Waals surface area contributed by atoms with Crippen molar-refractivity contribution in [2.75, 3.05) is 4.90 Å². The van der Waals surface area contributed by atoms with Crippen LogP contribution < -0.4 is 4.90 Å². The van der Waals surface area contributed by atoms with Crippen molar-refractivity contribution in [2.24, 2.45) is 0 Å². The number of rotatable bonds is 2. The molecule has 1 saturated heterocycles. The predicted molar refractivity (Wildman–Crippen MR) is 98.6 cm³/mol. The summed E-state index contributed by atoms with van der Waals surface area (Å²) in [5, 5.41) is 4.45. The number of aromatic nitrogens is 4. The number of hydrogen-bond acceptors (Lipinski definition) is 4. The molecule has 0 amide bonds. The van der Waals surface area contributed by atoms with Crippen molar-refractivity contribution in [1.29, 1.82) is 0 Å². The van der Waals surface area contributed by atoms with Gasteiger partial charge in [-0.15, -0.1) is 0 Å². The molecule has 0 N–H and O–H groups in total. The highest BCUT2D eigenvalue weighted by Crippen LogP contribution is 2.42. The van der Waals surface area contributed by atoms with E-state index in [0.29, 0.717) is 17.9 Å². The van der Waals surface area contributed by atoms with Crippen molar-refractivity contribution < 1.29 is 0 Å².